The van der Waals surface area contributed by atoms with E-state index in [1.165, 1.54) is 6.92 Å². The van der Waals surface area contributed by atoms with Gasteiger partial charge in [0, 0.05) is 31.1 Å². The van der Waals surface area contributed by atoms with E-state index in [4.69, 9.17) is 10.8 Å². The molecule has 0 radical (unpaired) electrons. The fourth-order valence-electron chi connectivity index (χ4n) is 4.25. The van der Waals surface area contributed by atoms with Gasteiger partial charge in [0.05, 0.1) is 18.1 Å². The Morgan fingerprint density at radius 2 is 1.94 bits per heavy atom. The maximum absolute atomic E-state index is 13.3. The van der Waals surface area contributed by atoms with Crippen molar-refractivity contribution in [3.63, 3.8) is 0 Å². The van der Waals surface area contributed by atoms with Crippen LogP contribution in [0, 0.1) is 11.3 Å². The summed E-state index contributed by atoms with van der Waals surface area (Å²) in [6.45, 7) is 7.58. The number of anilines is 1. The molecular formula is C24H37N3O5. The van der Waals surface area contributed by atoms with Crippen LogP contribution in [0.3, 0.4) is 0 Å². The molecule has 0 bridgehead atoms. The molecule has 0 spiro atoms. The molecule has 5 N–H and O–H groups in total. The molecule has 0 fully saturated rings. The molecule has 8 nitrogen and oxygen atoms in total. The minimum atomic E-state index is -0.973. The van der Waals surface area contributed by atoms with Crippen LogP contribution in [0.1, 0.15) is 58.9 Å². The Morgan fingerprint density at radius 3 is 2.56 bits per heavy atom. The zero-order valence-electron chi connectivity index (χ0n) is 19.5. The van der Waals surface area contributed by atoms with Crippen LogP contribution < -0.4 is 16.0 Å². The predicted molar refractivity (Wildman–Crippen MR) is 123 cm³/mol. The standard InChI is InChI=1S/C24H37N3O5/c1-5-21(29)26-17-11-16-8-6-7-9-19(16)27(14-17)22(30)13-24(3,4)12-18(25)20(28)10-15(2)23(31)32/h6-9,15,17-18,20,28H,5,10-14,25H2,1-4H3,(H,26,29)(H,31,32)/t15-,17-,18+,20+/m1/s1. The molecule has 8 heteroatoms. The molecule has 178 valence electrons. The number of carbonyl (C=O) groups is 3. The Morgan fingerprint density at radius 1 is 1.28 bits per heavy atom. The summed E-state index contributed by atoms with van der Waals surface area (Å²) in [6.07, 6.45) is 0.759. The van der Waals surface area contributed by atoms with Gasteiger partial charge in [-0.2, -0.15) is 0 Å². The van der Waals surface area contributed by atoms with E-state index in [1.807, 2.05) is 38.1 Å². The fraction of sp³-hybridized carbons (Fsp3) is 0.625. The molecule has 0 saturated heterocycles. The van der Waals surface area contributed by atoms with E-state index in [1.54, 1.807) is 11.8 Å². The summed E-state index contributed by atoms with van der Waals surface area (Å²) in [4.78, 5) is 38.0. The fourth-order valence-corrected chi connectivity index (χ4v) is 4.25. The molecule has 0 aliphatic carbocycles. The van der Waals surface area contributed by atoms with Gasteiger partial charge in [0.15, 0.2) is 0 Å². The van der Waals surface area contributed by atoms with E-state index in [9.17, 15) is 19.5 Å². The molecule has 4 atom stereocenters. The third-order valence-corrected chi connectivity index (χ3v) is 6.07. The lowest BCUT2D eigenvalue weighted by atomic mass is 9.79. The number of nitrogens with two attached hydrogens (primary N) is 1. The highest BCUT2D eigenvalue weighted by atomic mass is 16.4. The number of aliphatic carboxylic acids is 1. The van der Waals surface area contributed by atoms with Gasteiger partial charge >= 0.3 is 5.97 Å². The van der Waals surface area contributed by atoms with Gasteiger partial charge in [0.25, 0.3) is 0 Å². The Labute approximate surface area is 190 Å². The summed E-state index contributed by atoms with van der Waals surface area (Å²) >= 11 is 0. The van der Waals surface area contributed by atoms with Crippen LogP contribution in [0.4, 0.5) is 5.69 Å². The largest absolute Gasteiger partial charge is 0.481 e. The Kier molecular flexibility index (Phi) is 8.81. The smallest absolute Gasteiger partial charge is 0.306 e. The van der Waals surface area contributed by atoms with Crippen molar-refractivity contribution in [3.8, 4) is 0 Å². The van der Waals surface area contributed by atoms with Crippen molar-refractivity contribution in [2.75, 3.05) is 11.4 Å². The van der Waals surface area contributed by atoms with Crippen LogP contribution in [0.15, 0.2) is 24.3 Å². The van der Waals surface area contributed by atoms with E-state index < -0.39 is 29.4 Å². The van der Waals surface area contributed by atoms with Crippen molar-refractivity contribution in [2.24, 2.45) is 17.1 Å². The average molecular weight is 448 g/mol. The number of hydrogen-bond acceptors (Lipinski definition) is 5. The summed E-state index contributed by atoms with van der Waals surface area (Å²) < 4.78 is 0. The first-order valence-electron chi connectivity index (χ1n) is 11.3. The highest BCUT2D eigenvalue weighted by molar-refractivity contribution is 5.95. The van der Waals surface area contributed by atoms with E-state index >= 15 is 0 Å². The first kappa shape index (κ1) is 25.8. The van der Waals surface area contributed by atoms with Crippen LogP contribution in [-0.2, 0) is 20.8 Å². The molecular weight excluding hydrogens is 410 g/mol. The molecule has 0 saturated carbocycles. The normalized spacial score (nSPS) is 18.9. The number of carbonyl (C=O) groups excluding carboxylic acids is 2. The minimum Gasteiger partial charge on any atom is -0.481 e. The lowest BCUT2D eigenvalue weighted by molar-refractivity contribution is -0.142. The molecule has 32 heavy (non-hydrogen) atoms. The second-order valence-electron chi connectivity index (χ2n) is 9.71. The maximum atomic E-state index is 13.3. The molecule has 1 heterocycles. The summed E-state index contributed by atoms with van der Waals surface area (Å²) in [7, 11) is 0. The molecule has 2 amide bonds. The highest BCUT2D eigenvalue weighted by Gasteiger charge is 2.34. The van der Waals surface area contributed by atoms with Crippen molar-refractivity contribution in [3.05, 3.63) is 29.8 Å². The summed E-state index contributed by atoms with van der Waals surface area (Å²) in [6, 6.07) is 6.93. The number of carboxylic acid groups (broad SMARTS) is 1. The van der Waals surface area contributed by atoms with Crippen molar-refractivity contribution < 1.29 is 24.6 Å². The maximum Gasteiger partial charge on any atom is 0.306 e. The number of nitrogens with one attached hydrogen (secondary N) is 1. The summed E-state index contributed by atoms with van der Waals surface area (Å²) in [5.74, 6) is -1.78. The van der Waals surface area contributed by atoms with E-state index in [0.717, 1.165) is 11.3 Å². The number of aliphatic hydroxyl groups excluding tert-OH is 1. The molecule has 0 aromatic heterocycles. The number of hydrogen-bond donors (Lipinski definition) is 4. The van der Waals surface area contributed by atoms with Gasteiger partial charge in [-0.05, 0) is 36.3 Å². The quantitative estimate of drug-likeness (QED) is 0.434. The zero-order valence-corrected chi connectivity index (χ0v) is 19.5. The summed E-state index contributed by atoms with van der Waals surface area (Å²) in [5, 5.41) is 22.4. The lowest BCUT2D eigenvalue weighted by Gasteiger charge is -2.37. The monoisotopic (exact) mass is 447 g/mol. The van der Waals surface area contributed by atoms with Crippen LogP contribution in [0.5, 0.6) is 0 Å². The van der Waals surface area contributed by atoms with Crippen molar-refractivity contribution in [2.45, 2.75) is 78.0 Å². The number of benzene rings is 1. The van der Waals surface area contributed by atoms with E-state index in [0.29, 0.717) is 25.8 Å². The molecule has 2 rings (SSSR count). The number of carboxylic acids is 1. The minimum absolute atomic E-state index is 0.0438. The third-order valence-electron chi connectivity index (χ3n) is 6.07. The Balaban J connectivity index is 2.08. The van der Waals surface area contributed by atoms with Gasteiger partial charge in [-0.15, -0.1) is 0 Å². The van der Waals surface area contributed by atoms with Crippen LogP contribution >= 0.6 is 0 Å². The van der Waals surface area contributed by atoms with Crippen molar-refractivity contribution in [1.82, 2.24) is 5.32 Å². The topological polar surface area (TPSA) is 133 Å². The molecule has 1 aliphatic rings. The Bertz CT molecular complexity index is 826. The highest BCUT2D eigenvalue weighted by Crippen LogP contribution is 2.33. The van der Waals surface area contributed by atoms with Gasteiger partial charge in [-0.1, -0.05) is 45.9 Å². The van der Waals surface area contributed by atoms with E-state index in [2.05, 4.69) is 5.32 Å². The first-order valence-corrected chi connectivity index (χ1v) is 11.3. The molecule has 1 aliphatic heterocycles. The first-order chi connectivity index (χ1) is 14.9. The van der Waals surface area contributed by atoms with Gasteiger partial charge in [0.1, 0.15) is 0 Å². The van der Waals surface area contributed by atoms with Gasteiger partial charge in [-0.3, -0.25) is 14.4 Å². The molecule has 1 aromatic carbocycles. The van der Waals surface area contributed by atoms with Gasteiger partial charge in [-0.25, -0.2) is 0 Å². The van der Waals surface area contributed by atoms with Crippen LogP contribution in [0.2, 0.25) is 0 Å². The number of fused-ring (bicyclic) bond motifs is 1. The average Bonchev–Trinajstić information content (AvgIpc) is 2.71. The van der Waals surface area contributed by atoms with Gasteiger partial charge < -0.3 is 26.2 Å². The number of amides is 2. The number of rotatable bonds is 10. The number of para-hydroxylation sites is 1. The number of aliphatic hydroxyl groups is 1. The van der Waals surface area contributed by atoms with E-state index in [-0.39, 0.29) is 30.7 Å². The molecule has 1 aromatic rings. The van der Waals surface area contributed by atoms with Crippen molar-refractivity contribution in [1.29, 1.82) is 0 Å². The SMILES string of the molecule is CCC(=O)N[C@@H]1Cc2ccccc2N(C(=O)CC(C)(C)C[C@H](N)[C@@H](O)C[C@@H](C)C(=O)O)C1. The predicted octanol–water partition coefficient (Wildman–Crippen LogP) is 2.08. The second kappa shape index (κ2) is 10.9. The lowest BCUT2D eigenvalue weighted by Crippen LogP contribution is -2.51. The number of nitrogens with zero attached hydrogens (tertiary/aromatic N) is 1. The summed E-state index contributed by atoms with van der Waals surface area (Å²) in [5.41, 5.74) is 7.53. The zero-order chi connectivity index (χ0) is 24.1. The van der Waals surface area contributed by atoms with Gasteiger partial charge in [0.2, 0.25) is 11.8 Å². The Hall–Kier alpha value is -2.45. The second-order valence-corrected chi connectivity index (χ2v) is 9.71. The van der Waals surface area contributed by atoms with Crippen LogP contribution in [-0.4, -0.2) is 52.7 Å². The third kappa shape index (κ3) is 7.03. The van der Waals surface area contributed by atoms with Crippen LogP contribution in [0.25, 0.3) is 0 Å². The van der Waals surface area contributed by atoms with Crippen molar-refractivity contribution >= 4 is 23.5 Å². The molecule has 0 unspecified atom stereocenters.